The largest absolute Gasteiger partial charge is 0.422 e. The molecule has 0 fully saturated rings. The van der Waals surface area contributed by atoms with Gasteiger partial charge in [-0.05, 0) is 0 Å². The van der Waals surface area contributed by atoms with Gasteiger partial charge >= 0.3 is 12.1 Å². The first-order chi connectivity index (χ1) is 8.11. The van der Waals surface area contributed by atoms with Gasteiger partial charge in [-0.3, -0.25) is 5.41 Å². The third-order valence-electron chi connectivity index (χ3n) is 1.10. The molecule has 0 bridgehead atoms. The number of amides is 1. The summed E-state index contributed by atoms with van der Waals surface area (Å²) >= 11 is 0. The molecule has 17 heavy (non-hydrogen) atoms. The zero-order valence-corrected chi connectivity index (χ0v) is 8.26. The predicted molar refractivity (Wildman–Crippen MR) is 49.4 cm³/mol. The predicted octanol–water partition coefficient (Wildman–Crippen LogP) is -1.18. The monoisotopic (exact) mass is 242 g/mol. The molecule has 0 unspecified atom stereocenters. The SMILES string of the molecule is N=C(N=C=O)C(=O)OCOC(=O)NCN=C=O. The summed E-state index contributed by atoms with van der Waals surface area (Å²) < 4.78 is 8.47. The minimum Gasteiger partial charge on any atom is -0.422 e. The standard InChI is InChI=1S/C7H6N4O6/c8-5(11-3-13)6(14)16-4-17-7(15)10-1-9-2-12/h8H,1,4H2,(H,10,15). The van der Waals surface area contributed by atoms with Crippen molar-refractivity contribution in [3.05, 3.63) is 0 Å². The van der Waals surface area contributed by atoms with Gasteiger partial charge in [-0.15, -0.1) is 4.99 Å². The Morgan fingerprint density at radius 3 is 2.53 bits per heavy atom. The molecular formula is C7H6N4O6. The number of aliphatic imine (C=N–C) groups is 2. The summed E-state index contributed by atoms with van der Waals surface area (Å²) in [5.41, 5.74) is 0. The van der Waals surface area contributed by atoms with Crippen molar-refractivity contribution in [1.82, 2.24) is 5.32 Å². The Morgan fingerprint density at radius 1 is 1.24 bits per heavy atom. The molecule has 0 atom stereocenters. The van der Waals surface area contributed by atoms with Crippen LogP contribution in [-0.2, 0) is 23.9 Å². The number of carbonyl (C=O) groups is 2. The van der Waals surface area contributed by atoms with E-state index in [0.29, 0.717) is 0 Å². The van der Waals surface area contributed by atoms with Gasteiger partial charge in [0.25, 0.3) is 0 Å². The number of esters is 1. The van der Waals surface area contributed by atoms with Crippen molar-refractivity contribution in [2.24, 2.45) is 9.98 Å². The van der Waals surface area contributed by atoms with E-state index in [1.807, 2.05) is 5.32 Å². The van der Waals surface area contributed by atoms with Gasteiger partial charge in [-0.1, -0.05) is 0 Å². The maximum Gasteiger partial charge on any atom is 0.411 e. The number of isocyanates is 2. The average molecular weight is 242 g/mol. The lowest BCUT2D eigenvalue weighted by Gasteiger charge is -2.04. The molecule has 1 amide bonds. The van der Waals surface area contributed by atoms with Gasteiger partial charge in [0, 0.05) is 0 Å². The number of nitrogens with one attached hydrogen (secondary N) is 2. The zero-order valence-electron chi connectivity index (χ0n) is 8.26. The Kier molecular flexibility index (Phi) is 7.07. The first kappa shape index (κ1) is 14.2. The lowest BCUT2D eigenvalue weighted by molar-refractivity contribution is -0.143. The normalized spacial score (nSPS) is 8.00. The summed E-state index contributed by atoms with van der Waals surface area (Å²) in [4.78, 5) is 46.5. The molecule has 10 heteroatoms. The van der Waals surface area contributed by atoms with Crippen molar-refractivity contribution in [3.63, 3.8) is 0 Å². The number of hydrogen-bond donors (Lipinski definition) is 2. The molecule has 2 N–H and O–H groups in total. The molecular weight excluding hydrogens is 236 g/mol. The molecule has 0 aromatic rings. The van der Waals surface area contributed by atoms with E-state index >= 15 is 0 Å². The highest BCUT2D eigenvalue weighted by atomic mass is 16.7. The quantitative estimate of drug-likeness (QED) is 0.208. The number of hydrogen-bond acceptors (Lipinski definition) is 8. The van der Waals surface area contributed by atoms with Crippen molar-refractivity contribution < 1.29 is 28.7 Å². The molecule has 90 valence electrons. The van der Waals surface area contributed by atoms with Crippen LogP contribution in [0.15, 0.2) is 9.98 Å². The van der Waals surface area contributed by atoms with Crippen molar-refractivity contribution in [3.8, 4) is 0 Å². The molecule has 0 saturated heterocycles. The van der Waals surface area contributed by atoms with E-state index in [2.05, 4.69) is 19.5 Å². The number of alkyl carbamates (subject to hydrolysis) is 1. The topological polar surface area (TPSA) is 147 Å². The minimum atomic E-state index is -1.26. The van der Waals surface area contributed by atoms with Gasteiger partial charge in [0.1, 0.15) is 6.67 Å². The number of nitrogens with zero attached hydrogens (tertiary/aromatic N) is 2. The Morgan fingerprint density at radius 2 is 1.94 bits per heavy atom. The lowest BCUT2D eigenvalue weighted by Crippen LogP contribution is -2.26. The van der Waals surface area contributed by atoms with E-state index in [9.17, 15) is 19.2 Å². The van der Waals surface area contributed by atoms with Crippen LogP contribution in [0.25, 0.3) is 0 Å². The van der Waals surface area contributed by atoms with Crippen molar-refractivity contribution in [2.45, 2.75) is 0 Å². The molecule has 0 heterocycles. The second-order valence-electron chi connectivity index (χ2n) is 2.12. The maximum absolute atomic E-state index is 10.8. The van der Waals surface area contributed by atoms with Crippen LogP contribution in [0.4, 0.5) is 4.79 Å². The fourth-order valence-electron chi connectivity index (χ4n) is 0.484. The van der Waals surface area contributed by atoms with E-state index in [1.54, 1.807) is 0 Å². The molecule has 0 radical (unpaired) electrons. The van der Waals surface area contributed by atoms with Crippen molar-refractivity contribution in [2.75, 3.05) is 13.5 Å². The van der Waals surface area contributed by atoms with E-state index in [-0.39, 0.29) is 6.67 Å². The van der Waals surface area contributed by atoms with Crippen LogP contribution in [-0.4, -0.2) is 43.5 Å². The summed E-state index contributed by atoms with van der Waals surface area (Å²) in [7, 11) is 0. The van der Waals surface area contributed by atoms with E-state index in [1.165, 1.54) is 6.08 Å². The number of ether oxygens (including phenoxy) is 2. The second-order valence-corrected chi connectivity index (χ2v) is 2.12. The second kappa shape index (κ2) is 8.48. The van der Waals surface area contributed by atoms with Crippen LogP contribution in [0, 0.1) is 5.41 Å². The van der Waals surface area contributed by atoms with E-state index in [0.717, 1.165) is 6.08 Å². The van der Waals surface area contributed by atoms with Gasteiger partial charge in [0.05, 0.1) is 0 Å². The van der Waals surface area contributed by atoms with Crippen LogP contribution in [0.5, 0.6) is 0 Å². The smallest absolute Gasteiger partial charge is 0.411 e. The van der Waals surface area contributed by atoms with Crippen molar-refractivity contribution >= 4 is 30.1 Å². The Balaban J connectivity index is 3.80. The molecule has 0 aromatic carbocycles. The third-order valence-corrected chi connectivity index (χ3v) is 1.10. The summed E-state index contributed by atoms with van der Waals surface area (Å²) in [6.07, 6.45) is 1.13. The van der Waals surface area contributed by atoms with Crippen LogP contribution in [0.1, 0.15) is 0 Å². The Hall–Kier alpha value is -2.83. The number of rotatable bonds is 4. The average Bonchev–Trinajstić information content (AvgIpc) is 2.29. The molecule has 0 rings (SSSR count). The Labute approximate surface area is 93.8 Å². The van der Waals surface area contributed by atoms with Gasteiger partial charge in [0.15, 0.2) is 0 Å². The highest BCUT2D eigenvalue weighted by Gasteiger charge is 2.10. The van der Waals surface area contributed by atoms with Gasteiger partial charge < -0.3 is 14.8 Å². The molecule has 0 saturated carbocycles. The fourth-order valence-corrected chi connectivity index (χ4v) is 0.484. The lowest BCUT2D eigenvalue weighted by atomic mass is 10.6. The third kappa shape index (κ3) is 7.14. The zero-order chi connectivity index (χ0) is 13.1. The minimum absolute atomic E-state index is 0.332. The van der Waals surface area contributed by atoms with Crippen molar-refractivity contribution in [1.29, 1.82) is 5.41 Å². The highest BCUT2D eigenvalue weighted by molar-refractivity contribution is 6.35. The number of carbonyl (C=O) groups excluding carboxylic acids is 4. The van der Waals surface area contributed by atoms with Crippen LogP contribution in [0.2, 0.25) is 0 Å². The number of amidine groups is 1. The van der Waals surface area contributed by atoms with Gasteiger partial charge in [0.2, 0.25) is 24.8 Å². The summed E-state index contributed by atoms with van der Waals surface area (Å²) in [5, 5.41) is 8.79. The van der Waals surface area contributed by atoms with Crippen LogP contribution in [0.3, 0.4) is 0 Å². The summed E-state index contributed by atoms with van der Waals surface area (Å²) in [6.45, 7) is -1.12. The van der Waals surface area contributed by atoms with E-state index in [4.69, 9.17) is 5.41 Å². The summed E-state index contributed by atoms with van der Waals surface area (Å²) in [6, 6.07) is 0. The molecule has 0 spiro atoms. The maximum atomic E-state index is 10.8. The first-order valence-corrected chi connectivity index (χ1v) is 3.89. The summed E-state index contributed by atoms with van der Waals surface area (Å²) in [5.74, 6) is -2.23. The fraction of sp³-hybridized carbons (Fsp3) is 0.286. The van der Waals surface area contributed by atoms with Gasteiger partial charge in [-0.2, -0.15) is 4.99 Å². The molecule has 0 aromatic heterocycles. The first-order valence-electron chi connectivity index (χ1n) is 3.89. The highest BCUT2D eigenvalue weighted by Crippen LogP contribution is 1.85. The van der Waals surface area contributed by atoms with Crippen LogP contribution >= 0.6 is 0 Å². The van der Waals surface area contributed by atoms with Gasteiger partial charge in [-0.25, -0.2) is 19.2 Å². The molecule has 0 aliphatic carbocycles. The molecule has 0 aliphatic rings. The molecule has 0 aliphatic heterocycles. The van der Waals surface area contributed by atoms with E-state index < -0.39 is 24.7 Å². The molecule has 10 nitrogen and oxygen atoms in total. The van der Waals surface area contributed by atoms with Crippen LogP contribution < -0.4 is 5.32 Å². The Bertz CT molecular complexity index is 407.